The zero-order chi connectivity index (χ0) is 14.8. The molecule has 0 atom stereocenters. The fourth-order valence-electron chi connectivity index (χ4n) is 1.58. The van der Waals surface area contributed by atoms with Crippen LogP contribution >= 0.6 is 0 Å². The molecule has 0 aliphatic heterocycles. The SMILES string of the molecule is C=C(Nc1ccc(C(F)(F)F)cc1)c1ccnc(F)c1. The van der Waals surface area contributed by atoms with E-state index in [1.807, 2.05) is 0 Å². The van der Waals surface area contributed by atoms with Gasteiger partial charge in [0.2, 0.25) is 5.95 Å². The van der Waals surface area contributed by atoms with Gasteiger partial charge < -0.3 is 5.32 Å². The molecule has 1 N–H and O–H groups in total. The molecule has 0 unspecified atom stereocenters. The van der Waals surface area contributed by atoms with Gasteiger partial charge in [-0.2, -0.15) is 17.6 Å². The van der Waals surface area contributed by atoms with Crippen LogP contribution < -0.4 is 5.32 Å². The first-order chi connectivity index (χ1) is 9.36. The second kappa shape index (κ2) is 5.32. The third-order valence-electron chi connectivity index (χ3n) is 2.58. The van der Waals surface area contributed by atoms with Crippen LogP contribution in [0.15, 0.2) is 49.2 Å². The van der Waals surface area contributed by atoms with Crippen LogP contribution in [-0.2, 0) is 6.18 Å². The summed E-state index contributed by atoms with van der Waals surface area (Å²) in [5.74, 6) is -0.655. The number of hydrogen-bond donors (Lipinski definition) is 1. The lowest BCUT2D eigenvalue weighted by Crippen LogP contribution is -2.05. The van der Waals surface area contributed by atoms with Gasteiger partial charge in [-0.05, 0) is 30.3 Å². The quantitative estimate of drug-likeness (QED) is 0.669. The van der Waals surface area contributed by atoms with Gasteiger partial charge in [-0.25, -0.2) is 4.98 Å². The number of anilines is 1. The zero-order valence-corrected chi connectivity index (χ0v) is 10.2. The molecule has 104 valence electrons. The van der Waals surface area contributed by atoms with Crippen molar-refractivity contribution in [2.45, 2.75) is 6.18 Å². The topological polar surface area (TPSA) is 24.9 Å². The van der Waals surface area contributed by atoms with Gasteiger partial charge >= 0.3 is 6.18 Å². The lowest BCUT2D eigenvalue weighted by molar-refractivity contribution is -0.137. The maximum Gasteiger partial charge on any atom is 0.416 e. The average Bonchev–Trinajstić information content (AvgIpc) is 2.38. The van der Waals surface area contributed by atoms with Gasteiger partial charge in [0, 0.05) is 29.2 Å². The summed E-state index contributed by atoms with van der Waals surface area (Å²) < 4.78 is 50.2. The Labute approximate surface area is 112 Å². The van der Waals surface area contributed by atoms with Crippen molar-refractivity contribution in [3.05, 3.63) is 66.2 Å². The van der Waals surface area contributed by atoms with Crippen LogP contribution in [0.5, 0.6) is 0 Å². The average molecular weight is 282 g/mol. The minimum Gasteiger partial charge on any atom is -0.356 e. The van der Waals surface area contributed by atoms with E-state index in [1.54, 1.807) is 6.07 Å². The maximum atomic E-state index is 12.9. The Morgan fingerprint density at radius 1 is 1.10 bits per heavy atom. The molecule has 0 spiro atoms. The molecule has 0 bridgehead atoms. The van der Waals surface area contributed by atoms with Crippen molar-refractivity contribution in [3.8, 4) is 0 Å². The lowest BCUT2D eigenvalue weighted by Gasteiger charge is -2.11. The summed E-state index contributed by atoms with van der Waals surface area (Å²) >= 11 is 0. The Hall–Kier alpha value is -2.37. The van der Waals surface area contributed by atoms with Gasteiger partial charge in [-0.1, -0.05) is 6.58 Å². The van der Waals surface area contributed by atoms with Crippen molar-refractivity contribution in [2.75, 3.05) is 5.32 Å². The van der Waals surface area contributed by atoms with Gasteiger partial charge in [0.1, 0.15) is 0 Å². The molecule has 0 saturated heterocycles. The van der Waals surface area contributed by atoms with E-state index >= 15 is 0 Å². The Balaban J connectivity index is 2.12. The van der Waals surface area contributed by atoms with E-state index in [0.29, 0.717) is 16.9 Å². The van der Waals surface area contributed by atoms with Crippen LogP contribution in [0, 0.1) is 5.95 Å². The monoisotopic (exact) mass is 282 g/mol. The summed E-state index contributed by atoms with van der Waals surface area (Å²) in [6, 6.07) is 7.21. The van der Waals surface area contributed by atoms with Gasteiger partial charge in [0.15, 0.2) is 0 Å². The molecule has 0 amide bonds. The highest BCUT2D eigenvalue weighted by atomic mass is 19.4. The first kappa shape index (κ1) is 14.0. The molecule has 0 saturated carbocycles. The maximum absolute atomic E-state index is 12.9. The number of halogens is 4. The number of alkyl halides is 3. The molecule has 2 aromatic rings. The van der Waals surface area contributed by atoms with E-state index in [9.17, 15) is 17.6 Å². The Bertz CT molecular complexity index is 618. The van der Waals surface area contributed by atoms with Crippen LogP contribution in [0.25, 0.3) is 5.70 Å². The smallest absolute Gasteiger partial charge is 0.356 e. The summed E-state index contributed by atoms with van der Waals surface area (Å²) in [4.78, 5) is 3.41. The van der Waals surface area contributed by atoms with E-state index in [-0.39, 0.29) is 0 Å². The molecule has 20 heavy (non-hydrogen) atoms. The third-order valence-corrected chi connectivity index (χ3v) is 2.58. The predicted molar refractivity (Wildman–Crippen MR) is 68.3 cm³/mol. The van der Waals surface area contributed by atoms with Crippen LogP contribution in [0.2, 0.25) is 0 Å². The molecule has 6 heteroatoms. The summed E-state index contributed by atoms with van der Waals surface area (Å²) in [6.07, 6.45) is -3.09. The highest BCUT2D eigenvalue weighted by Crippen LogP contribution is 2.30. The van der Waals surface area contributed by atoms with Crippen molar-refractivity contribution < 1.29 is 17.6 Å². The standard InChI is InChI=1S/C14H10F4N2/c1-9(10-6-7-19-13(15)8-10)20-12-4-2-11(3-5-12)14(16,17)18/h2-8,20H,1H2. The third kappa shape index (κ3) is 3.34. The highest BCUT2D eigenvalue weighted by molar-refractivity contribution is 5.74. The second-order valence-corrected chi connectivity index (χ2v) is 4.05. The Morgan fingerprint density at radius 2 is 1.75 bits per heavy atom. The molecule has 2 rings (SSSR count). The lowest BCUT2D eigenvalue weighted by atomic mass is 10.1. The van der Waals surface area contributed by atoms with E-state index in [4.69, 9.17) is 0 Å². The number of nitrogens with zero attached hydrogens (tertiary/aromatic N) is 1. The molecule has 0 aliphatic carbocycles. The van der Waals surface area contributed by atoms with Crippen molar-refractivity contribution in [1.29, 1.82) is 0 Å². The number of benzene rings is 1. The molecular formula is C14H10F4N2. The Kier molecular flexibility index (Phi) is 3.74. The van der Waals surface area contributed by atoms with Crippen molar-refractivity contribution >= 4 is 11.4 Å². The molecule has 0 radical (unpaired) electrons. The van der Waals surface area contributed by atoms with Crippen LogP contribution in [0.4, 0.5) is 23.2 Å². The number of rotatable bonds is 3. The summed E-state index contributed by atoms with van der Waals surface area (Å²) in [6.45, 7) is 3.70. The van der Waals surface area contributed by atoms with Crippen molar-refractivity contribution in [3.63, 3.8) is 0 Å². The van der Waals surface area contributed by atoms with E-state index in [2.05, 4.69) is 16.9 Å². The van der Waals surface area contributed by atoms with Gasteiger partial charge in [0.25, 0.3) is 0 Å². The van der Waals surface area contributed by atoms with E-state index < -0.39 is 17.7 Å². The van der Waals surface area contributed by atoms with Crippen LogP contribution in [0.3, 0.4) is 0 Å². The van der Waals surface area contributed by atoms with Gasteiger partial charge in [0.05, 0.1) is 5.56 Å². The fraction of sp³-hybridized carbons (Fsp3) is 0.0714. The molecular weight excluding hydrogens is 272 g/mol. The van der Waals surface area contributed by atoms with Gasteiger partial charge in [-0.15, -0.1) is 0 Å². The fourth-order valence-corrected chi connectivity index (χ4v) is 1.58. The van der Waals surface area contributed by atoms with Crippen molar-refractivity contribution in [2.24, 2.45) is 0 Å². The zero-order valence-electron chi connectivity index (χ0n) is 10.2. The van der Waals surface area contributed by atoms with E-state index in [0.717, 1.165) is 12.1 Å². The summed E-state index contributed by atoms with van der Waals surface area (Å²) in [5, 5.41) is 2.81. The second-order valence-electron chi connectivity index (χ2n) is 4.05. The minimum atomic E-state index is -4.37. The highest BCUT2D eigenvalue weighted by Gasteiger charge is 2.29. The number of hydrogen-bond acceptors (Lipinski definition) is 2. The molecule has 1 aromatic carbocycles. The number of pyridine rings is 1. The van der Waals surface area contributed by atoms with Crippen molar-refractivity contribution in [1.82, 2.24) is 4.98 Å². The van der Waals surface area contributed by atoms with Crippen LogP contribution in [0.1, 0.15) is 11.1 Å². The molecule has 0 aliphatic rings. The first-order valence-electron chi connectivity index (χ1n) is 5.61. The molecule has 1 aromatic heterocycles. The van der Waals surface area contributed by atoms with Crippen LogP contribution in [-0.4, -0.2) is 4.98 Å². The van der Waals surface area contributed by atoms with Gasteiger partial charge in [-0.3, -0.25) is 0 Å². The summed E-state index contributed by atoms with van der Waals surface area (Å²) in [5.41, 5.74) is 0.535. The Morgan fingerprint density at radius 3 is 2.30 bits per heavy atom. The number of aromatic nitrogens is 1. The molecule has 0 fully saturated rings. The molecule has 2 nitrogen and oxygen atoms in total. The van der Waals surface area contributed by atoms with E-state index in [1.165, 1.54) is 24.4 Å². The largest absolute Gasteiger partial charge is 0.416 e. The predicted octanol–water partition coefficient (Wildman–Crippen LogP) is 4.32. The first-order valence-corrected chi connectivity index (χ1v) is 5.61. The number of nitrogens with one attached hydrogen (secondary N) is 1. The summed E-state index contributed by atoms with van der Waals surface area (Å²) in [7, 11) is 0. The molecule has 1 heterocycles. The minimum absolute atomic E-state index is 0.367. The normalized spacial score (nSPS) is 11.2.